The highest BCUT2D eigenvalue weighted by Gasteiger charge is 2.38. The van der Waals surface area contributed by atoms with Gasteiger partial charge in [-0.05, 0) is 18.2 Å². The first-order valence-corrected chi connectivity index (χ1v) is 6.40. The Hall–Kier alpha value is -1.24. The number of carbonyl (C=O) groups is 1. The molecule has 0 saturated carbocycles. The normalized spacial score (nSPS) is 16.3. The van der Waals surface area contributed by atoms with Crippen molar-refractivity contribution in [3.63, 3.8) is 0 Å². The molecule has 0 aliphatic carbocycles. The van der Waals surface area contributed by atoms with Crippen molar-refractivity contribution in [1.82, 2.24) is 0 Å². The lowest BCUT2D eigenvalue weighted by atomic mass is 9.94. The molecular formula is C12H11BrF3NO2. The van der Waals surface area contributed by atoms with Crippen LogP contribution in [0.1, 0.15) is 12.0 Å². The third kappa shape index (κ3) is 3.20. The lowest BCUT2D eigenvalue weighted by Gasteiger charge is -2.41. The smallest absolute Gasteiger partial charge is 0.418 e. The van der Waals surface area contributed by atoms with Crippen LogP contribution in [0, 0.1) is 5.92 Å². The van der Waals surface area contributed by atoms with E-state index in [4.69, 9.17) is 5.11 Å². The minimum absolute atomic E-state index is 0.00558. The largest absolute Gasteiger partial charge is 0.481 e. The number of benzene rings is 1. The summed E-state index contributed by atoms with van der Waals surface area (Å²) in [6.07, 6.45) is -4.43. The van der Waals surface area contributed by atoms with Crippen LogP contribution in [0.4, 0.5) is 18.9 Å². The zero-order valence-corrected chi connectivity index (χ0v) is 11.3. The molecule has 1 aromatic carbocycles. The van der Waals surface area contributed by atoms with E-state index in [9.17, 15) is 18.0 Å². The maximum absolute atomic E-state index is 12.9. The Balaban J connectivity index is 2.16. The third-order valence-electron chi connectivity index (χ3n) is 3.03. The van der Waals surface area contributed by atoms with Gasteiger partial charge < -0.3 is 10.0 Å². The molecule has 1 aromatic rings. The van der Waals surface area contributed by atoms with E-state index in [0.29, 0.717) is 17.6 Å². The van der Waals surface area contributed by atoms with Gasteiger partial charge in [0.1, 0.15) is 0 Å². The number of anilines is 1. The van der Waals surface area contributed by atoms with Gasteiger partial charge in [0, 0.05) is 29.2 Å². The number of alkyl halides is 3. The molecule has 1 heterocycles. The molecule has 1 saturated heterocycles. The highest BCUT2D eigenvalue weighted by molar-refractivity contribution is 9.10. The summed E-state index contributed by atoms with van der Waals surface area (Å²) in [6.45, 7) is 0.689. The van der Waals surface area contributed by atoms with E-state index in [2.05, 4.69) is 15.9 Å². The maximum atomic E-state index is 12.9. The summed E-state index contributed by atoms with van der Waals surface area (Å²) in [6, 6.07) is 4.00. The van der Waals surface area contributed by atoms with Gasteiger partial charge in [0.15, 0.2) is 0 Å². The van der Waals surface area contributed by atoms with Crippen molar-refractivity contribution in [2.75, 3.05) is 18.0 Å². The topological polar surface area (TPSA) is 40.5 Å². The molecule has 0 spiro atoms. The number of aliphatic carboxylic acids is 1. The van der Waals surface area contributed by atoms with E-state index in [1.807, 2.05) is 0 Å². The van der Waals surface area contributed by atoms with Crippen LogP contribution in [-0.2, 0) is 11.0 Å². The standard InChI is InChI=1S/C12H11BrF3NO2/c13-8-1-2-10(9(4-8)12(14,15)16)17-5-7(6-17)3-11(18)19/h1-2,4,7H,3,5-6H2,(H,18,19). The first kappa shape index (κ1) is 14.2. The number of carboxylic acid groups (broad SMARTS) is 1. The van der Waals surface area contributed by atoms with Crippen LogP contribution in [-0.4, -0.2) is 24.2 Å². The van der Waals surface area contributed by atoms with E-state index in [-0.39, 0.29) is 18.0 Å². The zero-order valence-electron chi connectivity index (χ0n) is 9.75. The maximum Gasteiger partial charge on any atom is 0.418 e. The Kier molecular flexibility index (Phi) is 3.75. The van der Waals surface area contributed by atoms with Gasteiger partial charge in [-0.25, -0.2) is 0 Å². The Morgan fingerprint density at radius 2 is 2.05 bits per heavy atom. The molecular weight excluding hydrogens is 327 g/mol. The van der Waals surface area contributed by atoms with Crippen LogP contribution in [0.2, 0.25) is 0 Å². The van der Waals surface area contributed by atoms with Crippen molar-refractivity contribution in [2.45, 2.75) is 12.6 Å². The first-order valence-electron chi connectivity index (χ1n) is 5.61. The summed E-state index contributed by atoms with van der Waals surface area (Å²) in [5, 5.41) is 8.62. The van der Waals surface area contributed by atoms with Crippen molar-refractivity contribution >= 4 is 27.6 Å². The van der Waals surface area contributed by atoms with Gasteiger partial charge in [0.2, 0.25) is 0 Å². The van der Waals surface area contributed by atoms with Crippen LogP contribution >= 0.6 is 15.9 Å². The molecule has 0 bridgehead atoms. The fourth-order valence-electron chi connectivity index (χ4n) is 2.15. The summed E-state index contributed by atoms with van der Waals surface area (Å²) < 4.78 is 39.1. The van der Waals surface area contributed by atoms with E-state index >= 15 is 0 Å². The van der Waals surface area contributed by atoms with Crippen LogP contribution in [0.3, 0.4) is 0 Å². The molecule has 0 atom stereocenters. The number of nitrogens with zero attached hydrogens (tertiary/aromatic N) is 1. The second-order valence-corrected chi connectivity index (χ2v) is 5.44. The summed E-state index contributed by atoms with van der Waals surface area (Å²) in [4.78, 5) is 12.1. The minimum atomic E-state index is -4.42. The molecule has 1 N–H and O–H groups in total. The molecule has 3 nitrogen and oxygen atoms in total. The van der Waals surface area contributed by atoms with Gasteiger partial charge in [-0.1, -0.05) is 15.9 Å². The fraction of sp³-hybridized carbons (Fsp3) is 0.417. The van der Waals surface area contributed by atoms with Crippen molar-refractivity contribution < 1.29 is 23.1 Å². The zero-order chi connectivity index (χ0) is 14.2. The lowest BCUT2D eigenvalue weighted by Crippen LogP contribution is -2.48. The molecule has 0 unspecified atom stereocenters. The van der Waals surface area contributed by atoms with Crippen molar-refractivity contribution in [3.8, 4) is 0 Å². The number of hydrogen-bond acceptors (Lipinski definition) is 2. The SMILES string of the molecule is O=C(O)CC1CN(c2ccc(Br)cc2C(F)(F)F)C1. The van der Waals surface area contributed by atoms with Gasteiger partial charge in [-0.2, -0.15) is 13.2 Å². The molecule has 104 valence electrons. The van der Waals surface area contributed by atoms with Crippen LogP contribution in [0.15, 0.2) is 22.7 Å². The van der Waals surface area contributed by atoms with Gasteiger partial charge in [0.25, 0.3) is 0 Å². The van der Waals surface area contributed by atoms with Gasteiger partial charge in [0.05, 0.1) is 12.0 Å². The molecule has 1 aliphatic heterocycles. The molecule has 0 aromatic heterocycles. The predicted octanol–water partition coefficient (Wildman–Crippen LogP) is 3.38. The Labute approximate surface area is 116 Å². The average molecular weight is 338 g/mol. The minimum Gasteiger partial charge on any atom is -0.481 e. The second kappa shape index (κ2) is 5.03. The fourth-order valence-corrected chi connectivity index (χ4v) is 2.51. The van der Waals surface area contributed by atoms with E-state index in [1.165, 1.54) is 6.07 Å². The van der Waals surface area contributed by atoms with E-state index in [0.717, 1.165) is 6.07 Å². The predicted molar refractivity (Wildman–Crippen MR) is 67.1 cm³/mol. The number of carboxylic acids is 1. The highest BCUT2D eigenvalue weighted by Crippen LogP contribution is 2.40. The third-order valence-corrected chi connectivity index (χ3v) is 3.52. The summed E-state index contributed by atoms with van der Waals surface area (Å²) in [7, 11) is 0. The molecule has 2 rings (SSSR count). The second-order valence-electron chi connectivity index (χ2n) is 4.53. The van der Waals surface area contributed by atoms with E-state index < -0.39 is 17.7 Å². The summed E-state index contributed by atoms with van der Waals surface area (Å²) in [5.74, 6) is -1.00. The van der Waals surface area contributed by atoms with Crippen molar-refractivity contribution in [1.29, 1.82) is 0 Å². The molecule has 7 heteroatoms. The van der Waals surface area contributed by atoms with Crippen molar-refractivity contribution in [3.05, 3.63) is 28.2 Å². The quantitative estimate of drug-likeness (QED) is 0.919. The summed E-state index contributed by atoms with van der Waals surface area (Å²) in [5.41, 5.74) is -0.590. The Morgan fingerprint density at radius 3 is 2.58 bits per heavy atom. The van der Waals surface area contributed by atoms with Gasteiger partial charge in [-0.15, -0.1) is 0 Å². The van der Waals surface area contributed by atoms with Crippen LogP contribution < -0.4 is 4.90 Å². The number of rotatable bonds is 3. The Bertz CT molecular complexity index is 498. The van der Waals surface area contributed by atoms with Gasteiger partial charge >= 0.3 is 12.1 Å². The summed E-state index contributed by atoms with van der Waals surface area (Å²) >= 11 is 3.03. The van der Waals surface area contributed by atoms with Gasteiger partial charge in [-0.3, -0.25) is 4.79 Å². The Morgan fingerprint density at radius 1 is 1.42 bits per heavy atom. The first-order chi connectivity index (χ1) is 8.77. The van der Waals surface area contributed by atoms with Crippen LogP contribution in [0.5, 0.6) is 0 Å². The highest BCUT2D eigenvalue weighted by atomic mass is 79.9. The molecule has 0 radical (unpaired) electrons. The molecule has 1 fully saturated rings. The molecule has 19 heavy (non-hydrogen) atoms. The van der Waals surface area contributed by atoms with E-state index in [1.54, 1.807) is 11.0 Å². The monoisotopic (exact) mass is 337 g/mol. The molecule has 0 amide bonds. The van der Waals surface area contributed by atoms with Crippen molar-refractivity contribution in [2.24, 2.45) is 5.92 Å². The molecule has 1 aliphatic rings. The average Bonchev–Trinajstić information content (AvgIpc) is 2.22. The number of halogens is 4. The van der Waals surface area contributed by atoms with Crippen LogP contribution in [0.25, 0.3) is 0 Å². The lowest BCUT2D eigenvalue weighted by molar-refractivity contribution is -0.139. The number of hydrogen-bond donors (Lipinski definition) is 1.